The van der Waals surface area contributed by atoms with Crippen molar-refractivity contribution in [1.29, 1.82) is 0 Å². The van der Waals surface area contributed by atoms with Crippen LogP contribution in [-0.4, -0.2) is 9.55 Å². The molecule has 2 rings (SSSR count). The summed E-state index contributed by atoms with van der Waals surface area (Å²) < 4.78 is 7.80. The maximum absolute atomic E-state index is 5.75. The van der Waals surface area contributed by atoms with E-state index in [0.29, 0.717) is 6.01 Å². The van der Waals surface area contributed by atoms with Crippen LogP contribution in [0.25, 0.3) is 0 Å². The fraction of sp³-hybridized carbons (Fsp3) is 0.308. The molecule has 0 saturated heterocycles. The lowest BCUT2D eigenvalue weighted by Crippen LogP contribution is -2.00. The van der Waals surface area contributed by atoms with E-state index in [1.807, 2.05) is 48.9 Å². The van der Waals surface area contributed by atoms with Crippen molar-refractivity contribution in [3.63, 3.8) is 0 Å². The summed E-state index contributed by atoms with van der Waals surface area (Å²) in [5.74, 6) is 0.834. The van der Waals surface area contributed by atoms with Crippen molar-refractivity contribution in [3.8, 4) is 11.8 Å². The highest BCUT2D eigenvalue weighted by atomic mass is 16.5. The smallest absolute Gasteiger partial charge is 0.302 e. The Balaban J connectivity index is 2.27. The molecule has 2 aromatic rings. The van der Waals surface area contributed by atoms with Gasteiger partial charge in [0.2, 0.25) is 0 Å². The van der Waals surface area contributed by atoms with Gasteiger partial charge < -0.3 is 4.74 Å². The summed E-state index contributed by atoms with van der Waals surface area (Å²) in [6, 6.07) is 8.63. The number of imidazole rings is 1. The van der Waals surface area contributed by atoms with Crippen molar-refractivity contribution >= 4 is 0 Å². The summed E-state index contributed by atoms with van der Waals surface area (Å²) in [5.41, 5.74) is 2.30. The molecule has 0 unspecified atom stereocenters. The Bertz CT molecular complexity index is 488. The van der Waals surface area contributed by atoms with Crippen molar-refractivity contribution in [1.82, 2.24) is 9.55 Å². The number of hydrogen-bond donors (Lipinski definition) is 0. The van der Waals surface area contributed by atoms with Gasteiger partial charge in [0.15, 0.2) is 0 Å². The van der Waals surface area contributed by atoms with Gasteiger partial charge in [-0.25, -0.2) is 4.98 Å². The molecule has 1 aromatic carbocycles. The zero-order valence-electron chi connectivity index (χ0n) is 9.90. The number of hydrogen-bond acceptors (Lipinski definition) is 2. The SMILES string of the molecule is CCn1c(C)cnc1Oc1cccc(C)c1. The first-order valence-electron chi connectivity index (χ1n) is 5.47. The van der Waals surface area contributed by atoms with Gasteiger partial charge in [-0.05, 0) is 38.5 Å². The zero-order valence-corrected chi connectivity index (χ0v) is 9.90. The minimum Gasteiger partial charge on any atom is -0.426 e. The maximum atomic E-state index is 5.75. The number of rotatable bonds is 3. The third kappa shape index (κ3) is 2.08. The number of aryl methyl sites for hydroxylation is 2. The summed E-state index contributed by atoms with van der Waals surface area (Å²) in [6.45, 7) is 7.02. The summed E-state index contributed by atoms with van der Waals surface area (Å²) >= 11 is 0. The molecule has 84 valence electrons. The Morgan fingerprint density at radius 3 is 2.81 bits per heavy atom. The van der Waals surface area contributed by atoms with Crippen molar-refractivity contribution in [3.05, 3.63) is 41.7 Å². The zero-order chi connectivity index (χ0) is 11.5. The molecule has 0 bridgehead atoms. The highest BCUT2D eigenvalue weighted by Crippen LogP contribution is 2.21. The normalized spacial score (nSPS) is 10.4. The third-order valence-electron chi connectivity index (χ3n) is 2.53. The van der Waals surface area contributed by atoms with E-state index in [0.717, 1.165) is 18.0 Å². The monoisotopic (exact) mass is 216 g/mol. The summed E-state index contributed by atoms with van der Waals surface area (Å²) in [6.07, 6.45) is 1.83. The molecule has 1 heterocycles. The Hall–Kier alpha value is -1.77. The maximum Gasteiger partial charge on any atom is 0.302 e. The van der Waals surface area contributed by atoms with Crippen LogP contribution < -0.4 is 4.74 Å². The fourth-order valence-electron chi connectivity index (χ4n) is 1.69. The lowest BCUT2D eigenvalue weighted by molar-refractivity contribution is 0.413. The fourth-order valence-corrected chi connectivity index (χ4v) is 1.69. The van der Waals surface area contributed by atoms with Crippen molar-refractivity contribution < 1.29 is 4.74 Å². The van der Waals surface area contributed by atoms with Crippen LogP contribution in [0.1, 0.15) is 18.2 Å². The molecule has 0 spiro atoms. The molecule has 0 radical (unpaired) electrons. The molecule has 0 amide bonds. The molecular formula is C13H16N2O. The Labute approximate surface area is 95.7 Å². The Kier molecular flexibility index (Phi) is 2.95. The van der Waals surface area contributed by atoms with E-state index in [1.165, 1.54) is 5.56 Å². The van der Waals surface area contributed by atoms with E-state index in [-0.39, 0.29) is 0 Å². The van der Waals surface area contributed by atoms with Gasteiger partial charge in [-0.1, -0.05) is 12.1 Å². The van der Waals surface area contributed by atoms with Crippen LogP contribution in [0.5, 0.6) is 11.8 Å². The van der Waals surface area contributed by atoms with Gasteiger partial charge in [0, 0.05) is 12.2 Å². The molecule has 1 aromatic heterocycles. The van der Waals surface area contributed by atoms with Crippen molar-refractivity contribution in [2.24, 2.45) is 0 Å². The van der Waals surface area contributed by atoms with Crippen LogP contribution in [-0.2, 0) is 6.54 Å². The first kappa shape index (κ1) is 10.7. The van der Waals surface area contributed by atoms with Gasteiger partial charge in [0.25, 0.3) is 0 Å². The van der Waals surface area contributed by atoms with Gasteiger partial charge in [0.1, 0.15) is 5.75 Å². The quantitative estimate of drug-likeness (QED) is 0.787. The highest BCUT2D eigenvalue weighted by molar-refractivity contribution is 5.30. The first-order valence-corrected chi connectivity index (χ1v) is 5.47. The van der Waals surface area contributed by atoms with Crippen LogP contribution in [0.4, 0.5) is 0 Å². The van der Waals surface area contributed by atoms with Crippen LogP contribution >= 0.6 is 0 Å². The lowest BCUT2D eigenvalue weighted by atomic mass is 10.2. The molecule has 0 fully saturated rings. The van der Waals surface area contributed by atoms with Crippen LogP contribution in [0.3, 0.4) is 0 Å². The van der Waals surface area contributed by atoms with E-state index < -0.39 is 0 Å². The predicted molar refractivity (Wildman–Crippen MR) is 63.9 cm³/mol. The molecule has 0 atom stereocenters. The molecule has 16 heavy (non-hydrogen) atoms. The molecular weight excluding hydrogens is 200 g/mol. The average Bonchev–Trinajstić information content (AvgIpc) is 2.59. The number of benzene rings is 1. The summed E-state index contributed by atoms with van der Waals surface area (Å²) in [4.78, 5) is 4.25. The van der Waals surface area contributed by atoms with Crippen LogP contribution in [0.2, 0.25) is 0 Å². The topological polar surface area (TPSA) is 27.1 Å². The molecule has 0 saturated carbocycles. The lowest BCUT2D eigenvalue weighted by Gasteiger charge is -2.08. The molecule has 0 aliphatic heterocycles. The largest absolute Gasteiger partial charge is 0.426 e. The van der Waals surface area contributed by atoms with Gasteiger partial charge >= 0.3 is 6.01 Å². The van der Waals surface area contributed by atoms with Gasteiger partial charge in [-0.15, -0.1) is 0 Å². The van der Waals surface area contributed by atoms with Crippen molar-refractivity contribution in [2.75, 3.05) is 0 Å². The second-order valence-electron chi connectivity index (χ2n) is 3.84. The van der Waals surface area contributed by atoms with Crippen LogP contribution in [0, 0.1) is 13.8 Å². The second-order valence-corrected chi connectivity index (χ2v) is 3.84. The van der Waals surface area contributed by atoms with Gasteiger partial charge in [-0.2, -0.15) is 0 Å². The Morgan fingerprint density at radius 2 is 2.12 bits per heavy atom. The minimum absolute atomic E-state index is 0.658. The van der Waals surface area contributed by atoms with Crippen molar-refractivity contribution in [2.45, 2.75) is 27.3 Å². The van der Waals surface area contributed by atoms with E-state index in [1.54, 1.807) is 0 Å². The summed E-state index contributed by atoms with van der Waals surface area (Å²) in [7, 11) is 0. The Morgan fingerprint density at radius 1 is 1.31 bits per heavy atom. The highest BCUT2D eigenvalue weighted by Gasteiger charge is 2.07. The number of ether oxygens (including phenoxy) is 1. The minimum atomic E-state index is 0.658. The standard InChI is InChI=1S/C13H16N2O/c1-4-15-11(3)9-14-13(15)16-12-7-5-6-10(2)8-12/h5-9H,4H2,1-3H3. The number of nitrogens with zero attached hydrogens (tertiary/aromatic N) is 2. The van der Waals surface area contributed by atoms with Gasteiger partial charge in [0.05, 0.1) is 6.20 Å². The van der Waals surface area contributed by atoms with Gasteiger partial charge in [-0.3, -0.25) is 4.57 Å². The predicted octanol–water partition coefficient (Wildman–Crippen LogP) is 3.31. The molecule has 3 nitrogen and oxygen atoms in total. The van der Waals surface area contributed by atoms with Crippen LogP contribution in [0.15, 0.2) is 30.5 Å². The average molecular weight is 216 g/mol. The third-order valence-corrected chi connectivity index (χ3v) is 2.53. The van der Waals surface area contributed by atoms with E-state index in [9.17, 15) is 0 Å². The molecule has 0 N–H and O–H groups in total. The number of aromatic nitrogens is 2. The van der Waals surface area contributed by atoms with E-state index in [2.05, 4.69) is 11.9 Å². The molecule has 0 aliphatic rings. The van der Waals surface area contributed by atoms with E-state index >= 15 is 0 Å². The molecule has 0 aliphatic carbocycles. The molecule has 3 heteroatoms. The summed E-state index contributed by atoms with van der Waals surface area (Å²) in [5, 5.41) is 0. The second kappa shape index (κ2) is 4.39. The van der Waals surface area contributed by atoms with E-state index in [4.69, 9.17) is 4.74 Å². The first-order chi connectivity index (χ1) is 7.70.